The topological polar surface area (TPSA) is 39.2 Å². The predicted octanol–water partition coefficient (Wildman–Crippen LogP) is 3.45. The number of hydrogen-bond acceptors (Lipinski definition) is 3. The lowest BCUT2D eigenvalue weighted by atomic mass is 10.2. The summed E-state index contributed by atoms with van der Waals surface area (Å²) >= 11 is 5.39. The molecular formula is C15H22N2O2S. The van der Waals surface area contributed by atoms with Gasteiger partial charge in [-0.15, -0.1) is 0 Å². The Kier molecular flexibility index (Phi) is 5.76. The van der Waals surface area contributed by atoms with E-state index in [1.165, 1.54) is 11.1 Å². The van der Waals surface area contributed by atoms with Gasteiger partial charge in [-0.2, -0.15) is 0 Å². The number of methoxy groups -OCH3 is 1. The van der Waals surface area contributed by atoms with E-state index in [4.69, 9.17) is 21.7 Å². The van der Waals surface area contributed by atoms with Crippen molar-refractivity contribution in [3.8, 4) is 0 Å². The van der Waals surface area contributed by atoms with Gasteiger partial charge in [0.1, 0.15) is 0 Å². The van der Waals surface area contributed by atoms with Crippen molar-refractivity contribution in [3.05, 3.63) is 28.5 Å². The average molecular weight is 294 g/mol. The van der Waals surface area contributed by atoms with Crippen LogP contribution in [0.3, 0.4) is 0 Å². The number of benzene rings is 1. The molecule has 1 aromatic heterocycles. The second-order valence-electron chi connectivity index (χ2n) is 4.91. The molecule has 2 rings (SSSR count). The van der Waals surface area contributed by atoms with Crippen LogP contribution < -0.4 is 0 Å². The van der Waals surface area contributed by atoms with Crippen LogP contribution in [0.2, 0.25) is 0 Å². The molecule has 0 aliphatic carbocycles. The fourth-order valence-electron chi connectivity index (χ4n) is 2.20. The van der Waals surface area contributed by atoms with Gasteiger partial charge in [0, 0.05) is 20.3 Å². The summed E-state index contributed by atoms with van der Waals surface area (Å²) in [5, 5.41) is 0. The molecule has 0 saturated carbocycles. The largest absolute Gasteiger partial charge is 0.382 e. The third-order valence-corrected chi connectivity index (χ3v) is 3.61. The number of imidazole rings is 1. The van der Waals surface area contributed by atoms with Crippen LogP contribution in [0.4, 0.5) is 0 Å². The number of hydrogen-bond donors (Lipinski definition) is 1. The van der Waals surface area contributed by atoms with Gasteiger partial charge in [0.25, 0.3) is 0 Å². The molecule has 1 aromatic carbocycles. The number of H-pyrrole nitrogens is 1. The molecule has 0 spiro atoms. The third kappa shape index (κ3) is 3.91. The van der Waals surface area contributed by atoms with Crippen molar-refractivity contribution in [2.45, 2.75) is 26.3 Å². The fraction of sp³-hybridized carbons (Fsp3) is 0.533. The number of rotatable bonds is 8. The average Bonchev–Trinajstić information content (AvgIpc) is 2.73. The lowest BCUT2D eigenvalue weighted by molar-refractivity contribution is 0.0684. The molecule has 0 amide bonds. The van der Waals surface area contributed by atoms with Crippen molar-refractivity contribution >= 4 is 23.3 Å². The van der Waals surface area contributed by atoms with E-state index in [1.54, 1.807) is 7.11 Å². The monoisotopic (exact) mass is 294 g/mol. The minimum atomic E-state index is 0.660. The Hall–Kier alpha value is -1.17. The highest BCUT2D eigenvalue weighted by molar-refractivity contribution is 7.71. The first-order valence-corrected chi connectivity index (χ1v) is 7.39. The number of nitrogens with zero attached hydrogens (tertiary/aromatic N) is 1. The lowest BCUT2D eigenvalue weighted by Gasteiger charge is -2.06. The Morgan fingerprint density at radius 3 is 2.85 bits per heavy atom. The molecule has 2 aromatic rings. The van der Waals surface area contributed by atoms with Crippen LogP contribution in [0.25, 0.3) is 11.0 Å². The van der Waals surface area contributed by atoms with E-state index in [2.05, 4.69) is 34.7 Å². The Morgan fingerprint density at radius 2 is 2.05 bits per heavy atom. The molecule has 0 atom stereocenters. The second kappa shape index (κ2) is 7.57. The summed E-state index contributed by atoms with van der Waals surface area (Å²) < 4.78 is 13.4. The van der Waals surface area contributed by atoms with Gasteiger partial charge in [0.15, 0.2) is 4.77 Å². The van der Waals surface area contributed by atoms with E-state index in [0.717, 1.165) is 36.3 Å². The zero-order chi connectivity index (χ0) is 14.4. The van der Waals surface area contributed by atoms with E-state index in [9.17, 15) is 0 Å². The van der Waals surface area contributed by atoms with Gasteiger partial charge in [-0.05, 0) is 49.7 Å². The summed E-state index contributed by atoms with van der Waals surface area (Å²) in [6, 6.07) is 6.36. The molecular weight excluding hydrogens is 272 g/mol. The standard InChI is InChI=1S/C15H22N2O2S/c1-12-5-6-13-14(11-12)17(15(20)16-13)7-3-4-8-19-10-9-18-2/h5-6,11H,3-4,7-10H2,1-2H3,(H,16,20). The van der Waals surface area contributed by atoms with Gasteiger partial charge in [0.05, 0.1) is 24.2 Å². The molecule has 0 aliphatic heterocycles. The van der Waals surface area contributed by atoms with Gasteiger partial charge in [-0.25, -0.2) is 0 Å². The predicted molar refractivity (Wildman–Crippen MR) is 83.8 cm³/mol. The molecule has 0 bridgehead atoms. The molecule has 5 heteroatoms. The molecule has 110 valence electrons. The first-order valence-electron chi connectivity index (χ1n) is 6.98. The molecule has 0 fully saturated rings. The highest BCUT2D eigenvalue weighted by atomic mass is 32.1. The van der Waals surface area contributed by atoms with E-state index < -0.39 is 0 Å². The number of aromatic amines is 1. The maximum absolute atomic E-state index is 5.46. The molecule has 0 unspecified atom stereocenters. The van der Waals surface area contributed by atoms with Crippen LogP contribution in [0.1, 0.15) is 18.4 Å². The van der Waals surface area contributed by atoms with E-state index >= 15 is 0 Å². The Balaban J connectivity index is 1.88. The molecule has 1 N–H and O–H groups in total. The van der Waals surface area contributed by atoms with Crippen LogP contribution in [0.15, 0.2) is 18.2 Å². The Labute approximate surface area is 124 Å². The van der Waals surface area contributed by atoms with Crippen LogP contribution in [-0.4, -0.2) is 36.5 Å². The maximum atomic E-state index is 5.46. The number of aryl methyl sites for hydroxylation is 2. The van der Waals surface area contributed by atoms with Gasteiger partial charge in [-0.1, -0.05) is 6.07 Å². The molecule has 0 radical (unpaired) electrons. The number of ether oxygens (including phenoxy) is 2. The van der Waals surface area contributed by atoms with Crippen molar-refractivity contribution in [1.82, 2.24) is 9.55 Å². The van der Waals surface area contributed by atoms with Crippen molar-refractivity contribution < 1.29 is 9.47 Å². The minimum Gasteiger partial charge on any atom is -0.382 e. The van der Waals surface area contributed by atoms with Crippen molar-refractivity contribution in [2.75, 3.05) is 26.9 Å². The van der Waals surface area contributed by atoms with Gasteiger partial charge in [0.2, 0.25) is 0 Å². The third-order valence-electron chi connectivity index (χ3n) is 3.28. The van der Waals surface area contributed by atoms with Crippen molar-refractivity contribution in [2.24, 2.45) is 0 Å². The van der Waals surface area contributed by atoms with Gasteiger partial charge < -0.3 is 19.0 Å². The highest BCUT2D eigenvalue weighted by Gasteiger charge is 2.04. The van der Waals surface area contributed by atoms with E-state index in [-0.39, 0.29) is 0 Å². The quantitative estimate of drug-likeness (QED) is 0.599. The molecule has 0 aliphatic rings. The number of unbranched alkanes of at least 4 members (excludes halogenated alkanes) is 1. The number of aromatic nitrogens is 2. The van der Waals surface area contributed by atoms with Crippen LogP contribution >= 0.6 is 12.2 Å². The first-order chi connectivity index (χ1) is 9.72. The lowest BCUT2D eigenvalue weighted by Crippen LogP contribution is -2.04. The summed E-state index contributed by atoms with van der Waals surface area (Å²) in [7, 11) is 1.68. The highest BCUT2D eigenvalue weighted by Crippen LogP contribution is 2.16. The van der Waals surface area contributed by atoms with Crippen LogP contribution in [0.5, 0.6) is 0 Å². The first kappa shape index (κ1) is 15.2. The summed E-state index contributed by atoms with van der Waals surface area (Å²) in [6.45, 7) is 5.13. The molecule has 1 heterocycles. The van der Waals surface area contributed by atoms with Gasteiger partial charge >= 0.3 is 0 Å². The van der Waals surface area contributed by atoms with E-state index in [0.29, 0.717) is 13.2 Å². The molecule has 0 saturated heterocycles. The van der Waals surface area contributed by atoms with Gasteiger partial charge in [-0.3, -0.25) is 0 Å². The summed E-state index contributed by atoms with van der Waals surface area (Å²) in [5.41, 5.74) is 3.55. The molecule has 4 nitrogen and oxygen atoms in total. The summed E-state index contributed by atoms with van der Waals surface area (Å²) in [5.74, 6) is 0. The maximum Gasteiger partial charge on any atom is 0.178 e. The normalized spacial score (nSPS) is 11.3. The SMILES string of the molecule is COCCOCCCCn1c(=S)[nH]c2ccc(C)cc21. The van der Waals surface area contributed by atoms with Crippen LogP contribution in [0, 0.1) is 11.7 Å². The van der Waals surface area contributed by atoms with Crippen molar-refractivity contribution in [1.29, 1.82) is 0 Å². The van der Waals surface area contributed by atoms with E-state index in [1.807, 2.05) is 0 Å². The second-order valence-corrected chi connectivity index (χ2v) is 5.30. The zero-order valence-electron chi connectivity index (χ0n) is 12.1. The Morgan fingerprint density at radius 1 is 1.20 bits per heavy atom. The van der Waals surface area contributed by atoms with Crippen molar-refractivity contribution in [3.63, 3.8) is 0 Å². The number of nitrogens with one attached hydrogen (secondary N) is 1. The summed E-state index contributed by atoms with van der Waals surface area (Å²) in [4.78, 5) is 3.25. The van der Waals surface area contributed by atoms with Crippen LogP contribution in [-0.2, 0) is 16.0 Å². The zero-order valence-corrected chi connectivity index (χ0v) is 13.0. The fourth-order valence-corrected chi connectivity index (χ4v) is 2.50. The number of fused-ring (bicyclic) bond motifs is 1. The summed E-state index contributed by atoms with van der Waals surface area (Å²) in [6.07, 6.45) is 2.09. The Bertz CT molecular complexity index is 603. The minimum absolute atomic E-state index is 0.660. The molecule has 20 heavy (non-hydrogen) atoms. The smallest absolute Gasteiger partial charge is 0.178 e.